The number of carbonyl (C=O) groups is 5. The molecule has 0 unspecified atom stereocenters. The molecule has 0 spiro atoms. The van der Waals surface area contributed by atoms with Crippen LogP contribution >= 0.6 is 0 Å². The van der Waals surface area contributed by atoms with Crippen LogP contribution in [0.5, 0.6) is 0 Å². The molecule has 0 amide bonds. The van der Waals surface area contributed by atoms with Gasteiger partial charge in [0.05, 0.1) is 16.7 Å². The number of aromatic carboxylic acids is 2. The second kappa shape index (κ2) is 7.12. The Morgan fingerprint density at radius 3 is 2.09 bits per heavy atom. The van der Waals surface area contributed by atoms with Crippen molar-refractivity contribution in [2.75, 3.05) is 6.61 Å². The molecule has 8 heteroatoms. The first kappa shape index (κ1) is 17.8. The minimum Gasteiger partial charge on any atom is -0.478 e. The van der Waals surface area contributed by atoms with Gasteiger partial charge in [-0.15, -0.1) is 0 Å². The zero-order valence-corrected chi connectivity index (χ0v) is 12.0. The summed E-state index contributed by atoms with van der Waals surface area (Å²) in [5, 5.41) is 18.3. The fourth-order valence-electron chi connectivity index (χ4n) is 1.82. The molecule has 1 aromatic carbocycles. The molecule has 1 aromatic rings. The summed E-state index contributed by atoms with van der Waals surface area (Å²) in [4.78, 5) is 57.0. The Bertz CT molecular complexity index is 729. The summed E-state index contributed by atoms with van der Waals surface area (Å²) in [7, 11) is 0. The summed E-state index contributed by atoms with van der Waals surface area (Å²) in [5.41, 5.74) is -2.66. The predicted octanol–water partition coefficient (Wildman–Crippen LogP) is 1.20. The predicted molar refractivity (Wildman–Crippen MR) is 75.9 cm³/mol. The molecule has 0 saturated carbocycles. The lowest BCUT2D eigenvalue weighted by Crippen LogP contribution is -2.21. The normalized spacial score (nSPS) is 9.78. The van der Waals surface area contributed by atoms with E-state index in [2.05, 4.69) is 11.3 Å². The van der Waals surface area contributed by atoms with Crippen LogP contribution in [-0.4, -0.2) is 46.8 Å². The van der Waals surface area contributed by atoms with Crippen molar-refractivity contribution in [2.24, 2.45) is 0 Å². The Hall–Kier alpha value is -3.29. The number of ether oxygens (including phenoxy) is 1. The van der Waals surface area contributed by atoms with Crippen molar-refractivity contribution < 1.29 is 38.9 Å². The van der Waals surface area contributed by atoms with Gasteiger partial charge in [0.25, 0.3) is 0 Å². The van der Waals surface area contributed by atoms with E-state index in [0.717, 1.165) is 12.1 Å². The first-order chi connectivity index (χ1) is 10.7. The first-order valence-corrected chi connectivity index (χ1v) is 6.16. The number of esters is 1. The molecule has 1 rings (SSSR count). The third-order valence-electron chi connectivity index (χ3n) is 2.77. The van der Waals surface area contributed by atoms with Gasteiger partial charge in [-0.2, -0.15) is 0 Å². The van der Waals surface area contributed by atoms with Gasteiger partial charge in [-0.05, 0) is 24.6 Å². The minimum atomic E-state index is -1.73. The molecule has 0 heterocycles. The zero-order valence-electron chi connectivity index (χ0n) is 12.0. The number of ketones is 1. The highest BCUT2D eigenvalue weighted by Crippen LogP contribution is 2.23. The summed E-state index contributed by atoms with van der Waals surface area (Å²) in [6, 6.07) is 1.91. The Morgan fingerprint density at radius 1 is 1.09 bits per heavy atom. The smallest absolute Gasteiger partial charge is 0.340 e. The Kier molecular flexibility index (Phi) is 5.50. The lowest BCUT2D eigenvalue weighted by Gasteiger charge is -2.13. The van der Waals surface area contributed by atoms with Gasteiger partial charge in [0.15, 0.2) is 12.1 Å². The molecule has 0 bridgehead atoms. The van der Waals surface area contributed by atoms with E-state index in [-0.39, 0.29) is 17.4 Å². The van der Waals surface area contributed by atoms with E-state index < -0.39 is 47.0 Å². The maximum atomic E-state index is 12.1. The number of aldehydes is 1. The maximum absolute atomic E-state index is 12.1. The number of allylic oxidation sites excluding steroid dienone is 1. The summed E-state index contributed by atoms with van der Waals surface area (Å²) < 4.78 is 4.53. The number of hydrogen-bond acceptors (Lipinski definition) is 6. The van der Waals surface area contributed by atoms with Crippen molar-refractivity contribution in [2.45, 2.75) is 6.92 Å². The number of Topliss-reactive ketones (excluding diaryl/α,β-unsaturated/α-hetero) is 1. The van der Waals surface area contributed by atoms with E-state index in [1.807, 2.05) is 0 Å². The SMILES string of the molecule is C=C(C)C(=O)c1ccc(C(=O)O)c(C(=O)O)c1C(=O)OCC=O. The van der Waals surface area contributed by atoms with Crippen molar-refractivity contribution in [3.63, 3.8) is 0 Å². The highest BCUT2D eigenvalue weighted by Gasteiger charge is 2.30. The van der Waals surface area contributed by atoms with Gasteiger partial charge in [0, 0.05) is 5.56 Å². The molecule has 0 aliphatic rings. The maximum Gasteiger partial charge on any atom is 0.340 e. The van der Waals surface area contributed by atoms with Crippen LogP contribution in [0.25, 0.3) is 0 Å². The van der Waals surface area contributed by atoms with E-state index in [1.165, 1.54) is 6.92 Å². The second-order valence-electron chi connectivity index (χ2n) is 4.40. The standard InChI is InChI=1S/C15H12O8/c1-7(2)12(17)8-3-4-9(13(18)19)10(14(20)21)11(8)15(22)23-6-5-16/h3-5H,1,6H2,2H3,(H,18,19)(H,20,21). The van der Waals surface area contributed by atoms with Gasteiger partial charge in [0.1, 0.15) is 6.61 Å². The largest absolute Gasteiger partial charge is 0.478 e. The van der Waals surface area contributed by atoms with Crippen LogP contribution in [0, 0.1) is 0 Å². The summed E-state index contributed by atoms with van der Waals surface area (Å²) in [6.45, 7) is 4.08. The van der Waals surface area contributed by atoms with Gasteiger partial charge in [-0.25, -0.2) is 14.4 Å². The molecule has 23 heavy (non-hydrogen) atoms. The van der Waals surface area contributed by atoms with Crippen LogP contribution < -0.4 is 0 Å². The fourth-order valence-corrected chi connectivity index (χ4v) is 1.82. The Morgan fingerprint density at radius 2 is 1.65 bits per heavy atom. The average Bonchev–Trinajstić information content (AvgIpc) is 2.49. The van der Waals surface area contributed by atoms with Crippen molar-refractivity contribution in [1.29, 1.82) is 0 Å². The highest BCUT2D eigenvalue weighted by molar-refractivity contribution is 6.19. The molecule has 0 saturated heterocycles. The van der Waals surface area contributed by atoms with Gasteiger partial charge in [-0.1, -0.05) is 6.58 Å². The molecule has 0 aliphatic carbocycles. The Labute approximate surface area is 130 Å². The van der Waals surface area contributed by atoms with Crippen molar-refractivity contribution in [3.8, 4) is 0 Å². The van der Waals surface area contributed by atoms with Crippen molar-refractivity contribution in [3.05, 3.63) is 46.5 Å². The quantitative estimate of drug-likeness (QED) is 0.331. The molecule has 0 radical (unpaired) electrons. The zero-order chi connectivity index (χ0) is 17.7. The topological polar surface area (TPSA) is 135 Å². The Balaban J connectivity index is 3.76. The summed E-state index contributed by atoms with van der Waals surface area (Å²) >= 11 is 0. The molecule has 120 valence electrons. The van der Waals surface area contributed by atoms with E-state index in [9.17, 15) is 29.1 Å². The van der Waals surface area contributed by atoms with Crippen LogP contribution in [0.3, 0.4) is 0 Å². The molecule has 0 aliphatic heterocycles. The lowest BCUT2D eigenvalue weighted by molar-refractivity contribution is -0.110. The van der Waals surface area contributed by atoms with Crippen molar-refractivity contribution >= 4 is 30.0 Å². The molecule has 8 nitrogen and oxygen atoms in total. The minimum absolute atomic E-state index is 0.00820. The number of benzene rings is 1. The summed E-state index contributed by atoms with van der Waals surface area (Å²) in [5.74, 6) is -5.36. The van der Waals surface area contributed by atoms with E-state index in [0.29, 0.717) is 0 Å². The number of rotatable bonds is 7. The van der Waals surface area contributed by atoms with Gasteiger partial charge in [0.2, 0.25) is 0 Å². The monoisotopic (exact) mass is 320 g/mol. The highest BCUT2D eigenvalue weighted by atomic mass is 16.5. The average molecular weight is 320 g/mol. The molecular weight excluding hydrogens is 308 g/mol. The van der Waals surface area contributed by atoms with Crippen LogP contribution in [-0.2, 0) is 9.53 Å². The number of carboxylic acid groups (broad SMARTS) is 2. The third kappa shape index (κ3) is 3.67. The van der Waals surface area contributed by atoms with Gasteiger partial charge < -0.3 is 14.9 Å². The lowest BCUT2D eigenvalue weighted by atomic mass is 9.92. The van der Waals surface area contributed by atoms with Gasteiger partial charge in [-0.3, -0.25) is 9.59 Å². The van der Waals surface area contributed by atoms with Gasteiger partial charge >= 0.3 is 17.9 Å². The number of carboxylic acids is 2. The van der Waals surface area contributed by atoms with Crippen LogP contribution in [0.1, 0.15) is 48.4 Å². The van der Waals surface area contributed by atoms with Crippen LogP contribution in [0.4, 0.5) is 0 Å². The molecule has 2 N–H and O–H groups in total. The number of hydrogen-bond donors (Lipinski definition) is 2. The molecular formula is C15H12O8. The number of carbonyl (C=O) groups excluding carboxylic acids is 3. The first-order valence-electron chi connectivity index (χ1n) is 6.16. The molecule has 0 aromatic heterocycles. The third-order valence-corrected chi connectivity index (χ3v) is 2.77. The van der Waals surface area contributed by atoms with Crippen LogP contribution in [0.15, 0.2) is 24.3 Å². The summed E-state index contributed by atoms with van der Waals surface area (Å²) in [6.07, 6.45) is 0.250. The molecule has 0 atom stereocenters. The fraction of sp³-hybridized carbons (Fsp3) is 0.133. The van der Waals surface area contributed by atoms with E-state index in [1.54, 1.807) is 0 Å². The van der Waals surface area contributed by atoms with Crippen LogP contribution in [0.2, 0.25) is 0 Å². The van der Waals surface area contributed by atoms with Crippen molar-refractivity contribution in [1.82, 2.24) is 0 Å². The van der Waals surface area contributed by atoms with E-state index >= 15 is 0 Å². The molecule has 0 fully saturated rings. The van der Waals surface area contributed by atoms with E-state index in [4.69, 9.17) is 5.11 Å². The second-order valence-corrected chi connectivity index (χ2v) is 4.40.